The van der Waals surface area contributed by atoms with E-state index < -0.39 is 5.92 Å². The van der Waals surface area contributed by atoms with E-state index in [1.54, 1.807) is 6.07 Å². The number of hydrogen-bond donors (Lipinski definition) is 2. The van der Waals surface area contributed by atoms with Gasteiger partial charge >= 0.3 is 0 Å². The quantitative estimate of drug-likeness (QED) is 0.766. The third-order valence-corrected chi connectivity index (χ3v) is 4.56. The van der Waals surface area contributed by atoms with Crippen LogP contribution in [0, 0.1) is 28.6 Å². The van der Waals surface area contributed by atoms with Gasteiger partial charge in [-0.15, -0.1) is 0 Å². The first kappa shape index (κ1) is 13.0. The number of nitriles is 1. The molecule has 0 spiro atoms. The lowest BCUT2D eigenvalue weighted by Crippen LogP contribution is -2.35. The summed E-state index contributed by atoms with van der Waals surface area (Å²) >= 11 is 0. The van der Waals surface area contributed by atoms with Crippen LogP contribution in [0.4, 0.5) is 5.69 Å². The standard InChI is InChI=1S/C16H19N3O/c17-9-13-15(10-4-2-1-3-5-10)12-7-6-11(18)8-14(12)20-16(13)19/h6-8,10,13,15,19H,1-5,18H2. The van der Waals surface area contributed by atoms with Crippen LogP contribution in [-0.4, -0.2) is 5.90 Å². The molecule has 0 bridgehead atoms. The number of anilines is 1. The number of hydrogen-bond acceptors (Lipinski definition) is 4. The van der Waals surface area contributed by atoms with Gasteiger partial charge in [0.2, 0.25) is 5.90 Å². The second-order valence-electron chi connectivity index (χ2n) is 5.79. The first-order chi connectivity index (χ1) is 9.70. The van der Waals surface area contributed by atoms with Gasteiger partial charge in [-0.1, -0.05) is 25.3 Å². The minimum absolute atomic E-state index is 0.0705. The lowest BCUT2D eigenvalue weighted by Gasteiger charge is -2.37. The number of fused-ring (bicyclic) bond motifs is 1. The predicted molar refractivity (Wildman–Crippen MR) is 77.6 cm³/mol. The van der Waals surface area contributed by atoms with Gasteiger partial charge in [-0.05, 0) is 24.8 Å². The molecule has 0 amide bonds. The predicted octanol–water partition coefficient (Wildman–Crippen LogP) is 3.44. The zero-order chi connectivity index (χ0) is 14.1. The van der Waals surface area contributed by atoms with Gasteiger partial charge in [0, 0.05) is 23.2 Å². The lowest BCUT2D eigenvalue weighted by molar-refractivity contribution is 0.266. The molecule has 2 atom stereocenters. The highest BCUT2D eigenvalue weighted by molar-refractivity contribution is 5.84. The zero-order valence-corrected chi connectivity index (χ0v) is 11.4. The number of nitrogens with zero attached hydrogens (tertiary/aromatic N) is 1. The van der Waals surface area contributed by atoms with Crippen LogP contribution < -0.4 is 10.5 Å². The smallest absolute Gasteiger partial charge is 0.205 e. The molecule has 1 heterocycles. The van der Waals surface area contributed by atoms with Crippen molar-refractivity contribution in [1.82, 2.24) is 0 Å². The second-order valence-corrected chi connectivity index (χ2v) is 5.79. The van der Waals surface area contributed by atoms with Gasteiger partial charge in [-0.2, -0.15) is 5.26 Å². The molecule has 1 aromatic rings. The number of rotatable bonds is 1. The number of ether oxygens (including phenoxy) is 1. The van der Waals surface area contributed by atoms with E-state index >= 15 is 0 Å². The Kier molecular flexibility index (Phi) is 3.35. The van der Waals surface area contributed by atoms with Gasteiger partial charge < -0.3 is 10.5 Å². The molecule has 1 aliphatic carbocycles. The van der Waals surface area contributed by atoms with Crippen LogP contribution in [0.15, 0.2) is 18.2 Å². The largest absolute Gasteiger partial charge is 0.442 e. The maximum Gasteiger partial charge on any atom is 0.205 e. The molecule has 104 valence electrons. The van der Waals surface area contributed by atoms with Crippen LogP contribution in [0.1, 0.15) is 43.6 Å². The summed E-state index contributed by atoms with van der Waals surface area (Å²) in [5.74, 6) is 0.824. The molecule has 1 aliphatic heterocycles. The van der Waals surface area contributed by atoms with Crippen LogP contribution in [0.5, 0.6) is 5.75 Å². The minimum Gasteiger partial charge on any atom is -0.442 e. The van der Waals surface area contributed by atoms with E-state index in [9.17, 15) is 5.26 Å². The van der Waals surface area contributed by atoms with E-state index in [1.807, 2.05) is 12.1 Å². The fourth-order valence-electron chi connectivity index (χ4n) is 3.60. The first-order valence-corrected chi connectivity index (χ1v) is 7.26. The topological polar surface area (TPSA) is 82.9 Å². The summed E-state index contributed by atoms with van der Waals surface area (Å²) in [6, 6.07) is 7.88. The fourth-order valence-corrected chi connectivity index (χ4v) is 3.60. The summed E-state index contributed by atoms with van der Waals surface area (Å²) in [5, 5.41) is 17.5. The van der Waals surface area contributed by atoms with Crippen molar-refractivity contribution in [3.63, 3.8) is 0 Å². The number of nitrogen functional groups attached to an aromatic ring is 1. The molecular weight excluding hydrogens is 250 g/mol. The van der Waals surface area contributed by atoms with Crippen LogP contribution in [-0.2, 0) is 0 Å². The molecule has 3 rings (SSSR count). The Hall–Kier alpha value is -2.02. The third kappa shape index (κ3) is 2.14. The average molecular weight is 269 g/mol. The summed E-state index contributed by atoms with van der Waals surface area (Å²) in [6.07, 6.45) is 6.00. The van der Waals surface area contributed by atoms with Gasteiger partial charge in [-0.25, -0.2) is 0 Å². The van der Waals surface area contributed by atoms with Crippen molar-refractivity contribution in [1.29, 1.82) is 10.7 Å². The van der Waals surface area contributed by atoms with Crippen molar-refractivity contribution >= 4 is 11.6 Å². The molecule has 1 aromatic carbocycles. The Balaban J connectivity index is 2.04. The van der Waals surface area contributed by atoms with Crippen LogP contribution >= 0.6 is 0 Å². The van der Waals surface area contributed by atoms with E-state index in [1.165, 1.54) is 19.3 Å². The van der Waals surface area contributed by atoms with Gasteiger partial charge in [0.1, 0.15) is 11.7 Å². The molecule has 4 nitrogen and oxygen atoms in total. The van der Waals surface area contributed by atoms with Crippen LogP contribution in [0.3, 0.4) is 0 Å². The van der Waals surface area contributed by atoms with Gasteiger partial charge in [-0.3, -0.25) is 5.41 Å². The fraction of sp³-hybridized carbons (Fsp3) is 0.500. The number of nitrogens with one attached hydrogen (secondary N) is 1. The van der Waals surface area contributed by atoms with Crippen molar-refractivity contribution in [3.8, 4) is 11.8 Å². The highest BCUT2D eigenvalue weighted by Crippen LogP contribution is 2.47. The Bertz CT molecular complexity index is 570. The van der Waals surface area contributed by atoms with E-state index in [0.717, 1.165) is 18.4 Å². The molecule has 4 heteroatoms. The highest BCUT2D eigenvalue weighted by Gasteiger charge is 2.40. The summed E-state index contributed by atoms with van der Waals surface area (Å²) < 4.78 is 5.52. The third-order valence-electron chi connectivity index (χ3n) is 4.56. The average Bonchev–Trinajstić information content (AvgIpc) is 2.46. The monoisotopic (exact) mass is 269 g/mol. The minimum atomic E-state index is -0.464. The molecule has 20 heavy (non-hydrogen) atoms. The first-order valence-electron chi connectivity index (χ1n) is 7.26. The van der Waals surface area contributed by atoms with E-state index in [0.29, 0.717) is 17.4 Å². The molecule has 2 aliphatic rings. The van der Waals surface area contributed by atoms with Crippen molar-refractivity contribution in [3.05, 3.63) is 23.8 Å². The van der Waals surface area contributed by atoms with Gasteiger partial charge in [0.05, 0.1) is 6.07 Å². The van der Waals surface area contributed by atoms with E-state index in [2.05, 4.69) is 6.07 Å². The number of benzene rings is 1. The maximum absolute atomic E-state index is 9.45. The van der Waals surface area contributed by atoms with Gasteiger partial charge in [0.25, 0.3) is 0 Å². The summed E-state index contributed by atoms with van der Waals surface area (Å²) in [7, 11) is 0. The number of nitrogens with two attached hydrogens (primary N) is 1. The molecule has 0 radical (unpaired) electrons. The van der Waals surface area contributed by atoms with E-state index in [4.69, 9.17) is 15.9 Å². The van der Waals surface area contributed by atoms with E-state index in [-0.39, 0.29) is 11.8 Å². The highest BCUT2D eigenvalue weighted by atomic mass is 16.5. The summed E-state index contributed by atoms with van der Waals surface area (Å²) in [5.41, 5.74) is 7.49. The Labute approximate surface area is 119 Å². The molecule has 3 N–H and O–H groups in total. The Morgan fingerprint density at radius 2 is 2.00 bits per heavy atom. The van der Waals surface area contributed by atoms with Crippen molar-refractivity contribution in [2.45, 2.75) is 38.0 Å². The molecule has 0 aromatic heterocycles. The zero-order valence-electron chi connectivity index (χ0n) is 11.4. The van der Waals surface area contributed by atoms with Crippen molar-refractivity contribution in [2.24, 2.45) is 11.8 Å². The normalized spacial score (nSPS) is 26.4. The van der Waals surface area contributed by atoms with Crippen LogP contribution in [0.25, 0.3) is 0 Å². The van der Waals surface area contributed by atoms with Crippen molar-refractivity contribution in [2.75, 3.05) is 5.73 Å². The summed E-state index contributed by atoms with van der Waals surface area (Å²) in [4.78, 5) is 0. The molecule has 1 saturated carbocycles. The molecular formula is C16H19N3O. The van der Waals surface area contributed by atoms with Gasteiger partial charge in [0.15, 0.2) is 0 Å². The molecule has 0 saturated heterocycles. The van der Waals surface area contributed by atoms with Crippen LogP contribution in [0.2, 0.25) is 0 Å². The Morgan fingerprint density at radius 3 is 2.70 bits per heavy atom. The maximum atomic E-state index is 9.45. The summed E-state index contributed by atoms with van der Waals surface area (Å²) in [6.45, 7) is 0. The second kappa shape index (κ2) is 5.16. The van der Waals surface area contributed by atoms with Crippen molar-refractivity contribution < 1.29 is 4.74 Å². The SMILES string of the molecule is N#CC1C(=N)Oc2cc(N)ccc2C1C1CCCCC1. The lowest BCUT2D eigenvalue weighted by atomic mass is 9.70. The molecule has 1 fully saturated rings. The molecule has 2 unspecified atom stereocenters. The Morgan fingerprint density at radius 1 is 1.25 bits per heavy atom.